The molecule has 0 aromatic rings. The Labute approximate surface area is 83.3 Å². The van der Waals surface area contributed by atoms with Crippen LogP contribution in [-0.4, -0.2) is 24.4 Å². The molecule has 4 nitrogen and oxygen atoms in total. The average molecular weight is 197 g/mol. The minimum atomic E-state index is -0.795. The Kier molecular flexibility index (Phi) is 2.21. The van der Waals surface area contributed by atoms with Gasteiger partial charge >= 0.3 is 5.97 Å². The molecule has 0 aromatic carbocycles. The Hall–Kier alpha value is -1.06. The first-order chi connectivity index (χ1) is 6.70. The summed E-state index contributed by atoms with van der Waals surface area (Å²) in [5.74, 6) is -0.147. The molecule has 0 spiro atoms. The Morgan fingerprint density at radius 2 is 2.43 bits per heavy atom. The van der Waals surface area contributed by atoms with Crippen LogP contribution in [0, 0.1) is 5.92 Å². The van der Waals surface area contributed by atoms with Crippen molar-refractivity contribution in [3.05, 3.63) is 0 Å². The first-order valence-electron chi connectivity index (χ1n) is 5.02. The molecule has 0 amide bonds. The summed E-state index contributed by atoms with van der Waals surface area (Å²) in [5, 5.41) is 3.94. The fourth-order valence-electron chi connectivity index (χ4n) is 2.47. The van der Waals surface area contributed by atoms with Gasteiger partial charge in [0.05, 0.1) is 18.7 Å². The molecule has 0 bridgehead atoms. The second kappa shape index (κ2) is 3.26. The fraction of sp³-hybridized carbons (Fsp3) is 0.800. The van der Waals surface area contributed by atoms with E-state index in [2.05, 4.69) is 5.16 Å². The molecule has 14 heavy (non-hydrogen) atoms. The van der Waals surface area contributed by atoms with E-state index in [9.17, 15) is 4.79 Å². The van der Waals surface area contributed by atoms with Gasteiger partial charge in [-0.25, -0.2) is 4.79 Å². The zero-order valence-electron chi connectivity index (χ0n) is 8.58. The predicted molar refractivity (Wildman–Crippen MR) is 50.9 cm³/mol. The van der Waals surface area contributed by atoms with Crippen molar-refractivity contribution >= 4 is 11.7 Å². The summed E-state index contributed by atoms with van der Waals surface area (Å²) >= 11 is 0. The maximum absolute atomic E-state index is 11.7. The molecular weight excluding hydrogens is 182 g/mol. The number of esters is 1. The van der Waals surface area contributed by atoms with Crippen molar-refractivity contribution in [3.63, 3.8) is 0 Å². The van der Waals surface area contributed by atoms with Crippen molar-refractivity contribution in [2.24, 2.45) is 11.1 Å². The van der Waals surface area contributed by atoms with Gasteiger partial charge in [0.2, 0.25) is 5.60 Å². The van der Waals surface area contributed by atoms with Crippen LogP contribution in [0.2, 0.25) is 0 Å². The van der Waals surface area contributed by atoms with Gasteiger partial charge < -0.3 is 9.57 Å². The second-order valence-electron chi connectivity index (χ2n) is 4.00. The highest BCUT2D eigenvalue weighted by Gasteiger charge is 2.55. The molecule has 1 aliphatic carbocycles. The quantitative estimate of drug-likeness (QED) is 0.598. The van der Waals surface area contributed by atoms with Crippen LogP contribution in [0.5, 0.6) is 0 Å². The number of methoxy groups -OCH3 is 1. The number of nitrogens with zero attached hydrogens (tertiary/aromatic N) is 1. The lowest BCUT2D eigenvalue weighted by atomic mass is 9.74. The van der Waals surface area contributed by atoms with Gasteiger partial charge in [-0.3, -0.25) is 0 Å². The monoisotopic (exact) mass is 197 g/mol. The van der Waals surface area contributed by atoms with Crippen molar-refractivity contribution in [2.75, 3.05) is 7.11 Å². The molecular formula is C10H15NO3. The van der Waals surface area contributed by atoms with Gasteiger partial charge in [0.1, 0.15) is 0 Å². The van der Waals surface area contributed by atoms with E-state index in [4.69, 9.17) is 9.57 Å². The molecule has 2 aliphatic rings. The highest BCUT2D eigenvalue weighted by molar-refractivity contribution is 5.94. The summed E-state index contributed by atoms with van der Waals surface area (Å²) in [6.45, 7) is 1.92. The Morgan fingerprint density at radius 1 is 1.64 bits per heavy atom. The van der Waals surface area contributed by atoms with Gasteiger partial charge in [-0.15, -0.1) is 0 Å². The number of hydrogen-bond donors (Lipinski definition) is 0. The first kappa shape index (κ1) is 9.49. The summed E-state index contributed by atoms with van der Waals surface area (Å²) in [4.78, 5) is 17.0. The van der Waals surface area contributed by atoms with Crippen LogP contribution in [0.3, 0.4) is 0 Å². The molecule has 2 unspecified atom stereocenters. The smallest absolute Gasteiger partial charge is 0.353 e. The summed E-state index contributed by atoms with van der Waals surface area (Å²) in [7, 11) is 1.40. The lowest BCUT2D eigenvalue weighted by Crippen LogP contribution is -2.48. The molecule has 78 valence electrons. The van der Waals surface area contributed by atoms with Crippen LogP contribution in [0.1, 0.15) is 32.6 Å². The Balaban J connectivity index is 2.28. The van der Waals surface area contributed by atoms with Gasteiger partial charge in [0.25, 0.3) is 0 Å². The molecule has 0 N–H and O–H groups in total. The SMILES string of the molecule is COC(=O)C12CCCCC1C(C)=NO2. The molecule has 0 saturated heterocycles. The van der Waals surface area contributed by atoms with Gasteiger partial charge in [0, 0.05) is 6.42 Å². The number of hydrogen-bond acceptors (Lipinski definition) is 4. The molecule has 0 radical (unpaired) electrons. The van der Waals surface area contributed by atoms with E-state index in [0.717, 1.165) is 31.4 Å². The normalized spacial score (nSPS) is 35.6. The van der Waals surface area contributed by atoms with Crippen LogP contribution in [-0.2, 0) is 14.4 Å². The molecule has 1 heterocycles. The summed E-state index contributed by atoms with van der Waals surface area (Å²) in [6, 6.07) is 0. The van der Waals surface area contributed by atoms with Gasteiger partial charge in [0.15, 0.2) is 0 Å². The van der Waals surface area contributed by atoms with E-state index >= 15 is 0 Å². The van der Waals surface area contributed by atoms with Gasteiger partial charge in [-0.1, -0.05) is 11.6 Å². The van der Waals surface area contributed by atoms with E-state index in [1.165, 1.54) is 7.11 Å². The lowest BCUT2D eigenvalue weighted by Gasteiger charge is -2.33. The number of rotatable bonds is 1. The molecule has 2 rings (SSSR count). The van der Waals surface area contributed by atoms with Crippen molar-refractivity contribution in [3.8, 4) is 0 Å². The second-order valence-corrected chi connectivity index (χ2v) is 4.00. The summed E-state index contributed by atoms with van der Waals surface area (Å²) < 4.78 is 4.81. The fourth-order valence-corrected chi connectivity index (χ4v) is 2.47. The van der Waals surface area contributed by atoms with E-state index in [-0.39, 0.29) is 11.9 Å². The van der Waals surface area contributed by atoms with E-state index < -0.39 is 5.60 Å². The topological polar surface area (TPSA) is 47.9 Å². The van der Waals surface area contributed by atoms with Crippen molar-refractivity contribution in [1.29, 1.82) is 0 Å². The van der Waals surface area contributed by atoms with Crippen LogP contribution in [0.25, 0.3) is 0 Å². The van der Waals surface area contributed by atoms with Crippen LogP contribution in [0.4, 0.5) is 0 Å². The standard InChI is InChI=1S/C10H15NO3/c1-7-8-5-3-4-6-10(8,14-11-7)9(12)13-2/h8H,3-6H2,1-2H3. The zero-order valence-corrected chi connectivity index (χ0v) is 8.58. The van der Waals surface area contributed by atoms with Crippen LogP contribution >= 0.6 is 0 Å². The third kappa shape index (κ3) is 1.13. The Morgan fingerprint density at radius 3 is 3.14 bits per heavy atom. The third-order valence-electron chi connectivity index (χ3n) is 3.24. The number of oxime groups is 1. The van der Waals surface area contributed by atoms with Crippen molar-refractivity contribution in [1.82, 2.24) is 0 Å². The van der Waals surface area contributed by atoms with E-state index in [1.807, 2.05) is 6.92 Å². The van der Waals surface area contributed by atoms with Gasteiger partial charge in [-0.05, 0) is 19.8 Å². The minimum Gasteiger partial charge on any atom is -0.466 e. The molecule has 2 atom stereocenters. The predicted octanol–water partition coefficient (Wildman–Crippen LogP) is 1.49. The number of carbonyl (C=O) groups is 1. The van der Waals surface area contributed by atoms with Crippen LogP contribution < -0.4 is 0 Å². The maximum Gasteiger partial charge on any atom is 0.353 e. The largest absolute Gasteiger partial charge is 0.466 e. The average Bonchev–Trinajstić information content (AvgIpc) is 2.57. The zero-order chi connectivity index (χ0) is 10.2. The summed E-state index contributed by atoms with van der Waals surface area (Å²) in [6.07, 6.45) is 3.85. The lowest BCUT2D eigenvalue weighted by molar-refractivity contribution is -0.174. The molecule has 4 heteroatoms. The molecule has 0 aromatic heterocycles. The van der Waals surface area contributed by atoms with Crippen LogP contribution in [0.15, 0.2) is 5.16 Å². The van der Waals surface area contributed by atoms with Crippen molar-refractivity contribution in [2.45, 2.75) is 38.2 Å². The molecule has 1 saturated carbocycles. The molecule has 1 aliphatic heterocycles. The third-order valence-corrected chi connectivity index (χ3v) is 3.24. The number of carbonyl (C=O) groups excluding carboxylic acids is 1. The molecule has 1 fully saturated rings. The highest BCUT2D eigenvalue weighted by Crippen LogP contribution is 2.42. The highest BCUT2D eigenvalue weighted by atomic mass is 16.7. The van der Waals surface area contributed by atoms with E-state index in [0.29, 0.717) is 0 Å². The maximum atomic E-state index is 11.7. The Bertz CT molecular complexity index is 287. The van der Waals surface area contributed by atoms with Crippen molar-refractivity contribution < 1.29 is 14.4 Å². The first-order valence-corrected chi connectivity index (χ1v) is 5.02. The van der Waals surface area contributed by atoms with E-state index in [1.54, 1.807) is 0 Å². The van der Waals surface area contributed by atoms with Gasteiger partial charge in [-0.2, -0.15) is 0 Å². The number of fused-ring (bicyclic) bond motifs is 1. The summed E-state index contributed by atoms with van der Waals surface area (Å²) in [5.41, 5.74) is 0.131. The number of ether oxygens (including phenoxy) is 1. The minimum absolute atomic E-state index is 0.128.